The van der Waals surface area contributed by atoms with Gasteiger partial charge in [0.25, 0.3) is 0 Å². The number of hydrogen-bond donors (Lipinski definition) is 2. The molecule has 1 aliphatic heterocycles. The number of nitrogens with zero attached hydrogens (tertiary/aromatic N) is 2. The molecule has 39 heavy (non-hydrogen) atoms. The van der Waals surface area contributed by atoms with E-state index in [0.717, 1.165) is 24.0 Å². The van der Waals surface area contributed by atoms with Crippen LogP contribution in [0, 0.1) is 28.7 Å². The maximum Gasteiger partial charge on any atom is 0.249 e. The predicted molar refractivity (Wildman–Crippen MR) is 136 cm³/mol. The van der Waals surface area contributed by atoms with Gasteiger partial charge in [-0.25, -0.2) is 27.4 Å². The number of thioether (sulfide) groups is 1. The number of benzene rings is 2. The fourth-order valence-electron chi connectivity index (χ4n) is 5.00. The van der Waals surface area contributed by atoms with Crippen molar-refractivity contribution >= 4 is 28.6 Å². The number of nitrogens with one attached hydrogen (secondary N) is 1. The molecule has 3 aromatic rings. The second kappa shape index (κ2) is 12.5. The molecule has 2 N–H and O–H groups in total. The molecule has 1 amide bonds. The van der Waals surface area contributed by atoms with Gasteiger partial charge in [-0.3, -0.25) is 15.0 Å². The first-order valence-corrected chi connectivity index (χ1v) is 13.4. The quantitative estimate of drug-likeness (QED) is 0.103. The Morgan fingerprint density at radius 1 is 1.18 bits per heavy atom. The van der Waals surface area contributed by atoms with Gasteiger partial charge >= 0.3 is 0 Å². The van der Waals surface area contributed by atoms with E-state index >= 15 is 4.39 Å². The molecule has 0 saturated carbocycles. The van der Waals surface area contributed by atoms with E-state index in [2.05, 4.69) is 4.98 Å². The van der Waals surface area contributed by atoms with Crippen LogP contribution in [0.1, 0.15) is 37.4 Å². The van der Waals surface area contributed by atoms with Crippen molar-refractivity contribution in [3.63, 3.8) is 0 Å². The first kappa shape index (κ1) is 29.0. The van der Waals surface area contributed by atoms with Gasteiger partial charge in [0, 0.05) is 34.2 Å². The molecule has 0 aliphatic carbocycles. The standard InChI is InChI=1S/C27H28F5N3O3S/c1-38-17-2-3-22-18(14-17)24(21(31)15-33-22)19(29)4-5-27(26(36)34-37)6-8-35(9-7-27)10-11-39-23-13-16(28)12-20(30)25(23)32/h2-3,12-15,19,37H,4-11H2,1H3,(H,34,36)/t19-/m1/s1. The van der Waals surface area contributed by atoms with Gasteiger partial charge in [0.05, 0.1) is 24.2 Å². The number of fused-ring (bicyclic) bond motifs is 1. The van der Waals surface area contributed by atoms with Crippen molar-refractivity contribution in [2.24, 2.45) is 5.41 Å². The number of ether oxygens (including phenoxy) is 1. The molecule has 0 bridgehead atoms. The average Bonchev–Trinajstić information content (AvgIpc) is 2.94. The lowest BCUT2D eigenvalue weighted by molar-refractivity contribution is -0.143. The molecule has 0 radical (unpaired) electrons. The molecule has 0 spiro atoms. The molecular weight excluding hydrogens is 541 g/mol. The maximum atomic E-state index is 15.5. The van der Waals surface area contributed by atoms with Crippen LogP contribution in [0.2, 0.25) is 0 Å². The summed E-state index contributed by atoms with van der Waals surface area (Å²) in [6.45, 7) is 1.31. The molecular formula is C27H28F5N3O3S. The summed E-state index contributed by atoms with van der Waals surface area (Å²) >= 11 is 0.981. The number of rotatable bonds is 10. The van der Waals surface area contributed by atoms with Crippen LogP contribution in [-0.2, 0) is 4.79 Å². The van der Waals surface area contributed by atoms with Crippen molar-refractivity contribution in [3.8, 4) is 5.75 Å². The van der Waals surface area contributed by atoms with E-state index in [1.165, 1.54) is 13.2 Å². The number of alkyl halides is 1. The Labute approximate surface area is 226 Å². The number of aromatic nitrogens is 1. The van der Waals surface area contributed by atoms with Gasteiger partial charge in [-0.05, 0) is 63.0 Å². The zero-order valence-corrected chi connectivity index (χ0v) is 22.0. The van der Waals surface area contributed by atoms with Crippen molar-refractivity contribution in [2.75, 3.05) is 32.5 Å². The SMILES string of the molecule is COc1ccc2ncc(F)c([C@H](F)CCC3(C(=O)NO)CCN(CCSc4cc(F)cc(F)c4F)CC3)c2c1. The van der Waals surface area contributed by atoms with Crippen molar-refractivity contribution in [2.45, 2.75) is 36.8 Å². The highest BCUT2D eigenvalue weighted by atomic mass is 32.2. The minimum Gasteiger partial charge on any atom is -0.497 e. The van der Waals surface area contributed by atoms with E-state index in [0.29, 0.717) is 55.6 Å². The zero-order chi connectivity index (χ0) is 28.2. The fraction of sp³-hybridized carbons (Fsp3) is 0.407. The maximum absolute atomic E-state index is 15.5. The Kier molecular flexibility index (Phi) is 9.29. The Hall–Kier alpha value is -2.96. The van der Waals surface area contributed by atoms with Crippen molar-refractivity contribution in [3.05, 3.63) is 65.4 Å². The van der Waals surface area contributed by atoms with Crippen LogP contribution in [0.25, 0.3) is 10.9 Å². The van der Waals surface area contributed by atoms with E-state index in [9.17, 15) is 27.6 Å². The van der Waals surface area contributed by atoms with Crippen molar-refractivity contribution < 1.29 is 36.7 Å². The third-order valence-electron chi connectivity index (χ3n) is 7.28. The number of halogens is 5. The van der Waals surface area contributed by atoms with Gasteiger partial charge in [-0.1, -0.05) is 0 Å². The van der Waals surface area contributed by atoms with E-state index in [1.54, 1.807) is 17.6 Å². The lowest BCUT2D eigenvalue weighted by Gasteiger charge is -2.40. The van der Waals surface area contributed by atoms with Crippen LogP contribution in [0.15, 0.2) is 41.4 Å². The van der Waals surface area contributed by atoms with Gasteiger partial charge in [0.1, 0.15) is 23.6 Å². The summed E-state index contributed by atoms with van der Waals surface area (Å²) in [5, 5.41) is 9.67. The number of hydroxylamine groups is 1. The molecule has 4 rings (SSSR count). The normalized spacial score (nSPS) is 16.3. The smallest absolute Gasteiger partial charge is 0.249 e. The van der Waals surface area contributed by atoms with Crippen LogP contribution in [0.5, 0.6) is 5.75 Å². The van der Waals surface area contributed by atoms with Gasteiger partial charge in [-0.2, -0.15) is 0 Å². The zero-order valence-electron chi connectivity index (χ0n) is 21.2. The molecule has 6 nitrogen and oxygen atoms in total. The lowest BCUT2D eigenvalue weighted by atomic mass is 9.73. The summed E-state index contributed by atoms with van der Waals surface area (Å²) in [6, 6.07) is 6.19. The Morgan fingerprint density at radius 3 is 2.62 bits per heavy atom. The molecule has 1 fully saturated rings. The molecule has 1 aromatic heterocycles. The summed E-state index contributed by atoms with van der Waals surface area (Å²) in [4.78, 5) is 18.6. The molecule has 12 heteroatoms. The summed E-state index contributed by atoms with van der Waals surface area (Å²) in [5.74, 6) is -3.87. The number of piperidine rings is 1. The Bertz CT molecular complexity index is 1340. The van der Waals surface area contributed by atoms with Crippen molar-refractivity contribution in [1.29, 1.82) is 0 Å². The van der Waals surface area contributed by atoms with E-state index < -0.39 is 40.8 Å². The number of carbonyl (C=O) groups excluding carboxylic acids is 1. The first-order valence-electron chi connectivity index (χ1n) is 12.4. The Morgan fingerprint density at radius 2 is 1.92 bits per heavy atom. The van der Waals surface area contributed by atoms with Crippen LogP contribution >= 0.6 is 11.8 Å². The van der Waals surface area contributed by atoms with Gasteiger partial charge < -0.3 is 9.64 Å². The number of pyridine rings is 1. The van der Waals surface area contributed by atoms with Crippen LogP contribution in [0.3, 0.4) is 0 Å². The highest BCUT2D eigenvalue weighted by Gasteiger charge is 2.41. The second-order valence-electron chi connectivity index (χ2n) is 9.52. The van der Waals surface area contributed by atoms with Gasteiger partial charge in [0.15, 0.2) is 11.6 Å². The first-order chi connectivity index (χ1) is 18.7. The monoisotopic (exact) mass is 569 g/mol. The highest BCUT2D eigenvalue weighted by Crippen LogP contribution is 2.41. The number of hydrogen-bond acceptors (Lipinski definition) is 6. The second-order valence-corrected chi connectivity index (χ2v) is 10.7. The third-order valence-corrected chi connectivity index (χ3v) is 8.27. The van der Waals surface area contributed by atoms with Crippen molar-refractivity contribution in [1.82, 2.24) is 15.4 Å². The number of amides is 1. The van der Waals surface area contributed by atoms with E-state index in [1.807, 2.05) is 4.90 Å². The largest absolute Gasteiger partial charge is 0.497 e. The molecule has 2 aromatic carbocycles. The van der Waals surface area contributed by atoms with E-state index in [4.69, 9.17) is 4.74 Å². The average molecular weight is 570 g/mol. The fourth-order valence-corrected chi connectivity index (χ4v) is 5.99. The van der Waals surface area contributed by atoms with Crippen LogP contribution < -0.4 is 10.2 Å². The molecule has 1 atom stereocenters. The summed E-state index contributed by atoms with van der Waals surface area (Å²) in [7, 11) is 1.45. The molecule has 2 heterocycles. The number of carbonyl (C=O) groups is 1. The predicted octanol–water partition coefficient (Wildman–Crippen LogP) is 5.97. The number of methoxy groups -OCH3 is 1. The Balaban J connectivity index is 1.40. The van der Waals surface area contributed by atoms with Crippen LogP contribution in [-0.4, -0.2) is 53.5 Å². The number of likely N-dealkylation sites (tertiary alicyclic amines) is 1. The van der Waals surface area contributed by atoms with Crippen LogP contribution in [0.4, 0.5) is 22.0 Å². The van der Waals surface area contributed by atoms with Gasteiger partial charge in [0.2, 0.25) is 5.91 Å². The lowest BCUT2D eigenvalue weighted by Crippen LogP contribution is -2.48. The summed E-state index contributed by atoms with van der Waals surface area (Å²) < 4.78 is 76.2. The molecule has 1 aliphatic rings. The third kappa shape index (κ3) is 6.44. The summed E-state index contributed by atoms with van der Waals surface area (Å²) in [6.07, 6.45) is -0.277. The minimum atomic E-state index is -1.73. The molecule has 210 valence electrons. The highest BCUT2D eigenvalue weighted by molar-refractivity contribution is 7.99. The molecule has 1 saturated heterocycles. The molecule has 0 unspecified atom stereocenters. The van der Waals surface area contributed by atoms with E-state index in [-0.39, 0.29) is 28.7 Å². The topological polar surface area (TPSA) is 74.7 Å². The summed E-state index contributed by atoms with van der Waals surface area (Å²) in [5.41, 5.74) is 0.871. The van der Waals surface area contributed by atoms with Gasteiger partial charge in [-0.15, -0.1) is 11.8 Å². The minimum absolute atomic E-state index is 0.0597.